The molecule has 1 atom stereocenters. The Hall–Kier alpha value is -1.41. The molecule has 72 valence electrons. The Morgan fingerprint density at radius 1 is 1.29 bits per heavy atom. The minimum absolute atomic E-state index is 0.452. The molecule has 1 heterocycles. The smallest absolute Gasteiger partial charge is 0.0779 e. The van der Waals surface area contributed by atoms with Crippen molar-refractivity contribution < 1.29 is 5.11 Å². The van der Waals surface area contributed by atoms with E-state index in [4.69, 9.17) is 0 Å². The third kappa shape index (κ3) is 1.49. The number of aliphatic hydroxyl groups is 1. The summed E-state index contributed by atoms with van der Waals surface area (Å²) in [6.07, 6.45) is -0.452. The highest BCUT2D eigenvalue weighted by Crippen LogP contribution is 2.21. The van der Waals surface area contributed by atoms with Gasteiger partial charge in [0.05, 0.1) is 11.6 Å². The van der Waals surface area contributed by atoms with E-state index in [1.165, 1.54) is 0 Å². The predicted octanol–water partition coefficient (Wildman–Crippen LogP) is 2.60. The van der Waals surface area contributed by atoms with Crippen molar-refractivity contribution in [1.82, 2.24) is 4.98 Å². The largest absolute Gasteiger partial charge is 0.389 e. The number of hydrogen-bond acceptors (Lipinski definition) is 2. The monoisotopic (exact) mass is 187 g/mol. The molecule has 2 heteroatoms. The number of aliphatic hydroxyl groups excluding tert-OH is 1. The Bertz CT molecular complexity index is 463. The zero-order valence-corrected chi connectivity index (χ0v) is 8.36. The van der Waals surface area contributed by atoms with Crippen LogP contribution in [-0.4, -0.2) is 10.1 Å². The van der Waals surface area contributed by atoms with Crippen LogP contribution >= 0.6 is 0 Å². The highest BCUT2D eigenvalue weighted by Gasteiger charge is 2.07. The van der Waals surface area contributed by atoms with Crippen LogP contribution in [0.3, 0.4) is 0 Å². The molecule has 0 fully saturated rings. The molecule has 2 aromatic rings. The number of para-hydroxylation sites is 1. The van der Waals surface area contributed by atoms with Crippen molar-refractivity contribution >= 4 is 10.9 Å². The number of benzene rings is 1. The molecule has 14 heavy (non-hydrogen) atoms. The Balaban J connectivity index is 2.71. The van der Waals surface area contributed by atoms with Crippen molar-refractivity contribution in [2.45, 2.75) is 20.0 Å². The van der Waals surface area contributed by atoms with Crippen molar-refractivity contribution in [3.63, 3.8) is 0 Å². The van der Waals surface area contributed by atoms with Gasteiger partial charge in [-0.3, -0.25) is 4.98 Å². The molecule has 1 aromatic heterocycles. The van der Waals surface area contributed by atoms with E-state index < -0.39 is 6.10 Å². The van der Waals surface area contributed by atoms with Crippen molar-refractivity contribution in [2.75, 3.05) is 0 Å². The third-order valence-corrected chi connectivity index (χ3v) is 2.40. The first kappa shape index (κ1) is 9.16. The van der Waals surface area contributed by atoms with Crippen molar-refractivity contribution in [1.29, 1.82) is 0 Å². The van der Waals surface area contributed by atoms with E-state index in [0.29, 0.717) is 0 Å². The third-order valence-electron chi connectivity index (χ3n) is 2.40. The lowest BCUT2D eigenvalue weighted by Gasteiger charge is -2.09. The zero-order valence-electron chi connectivity index (χ0n) is 8.36. The molecule has 2 nitrogen and oxygen atoms in total. The average Bonchev–Trinajstić information content (AvgIpc) is 2.16. The fraction of sp³-hybridized carbons (Fsp3) is 0.250. The number of fused-ring (bicyclic) bond motifs is 1. The molecule has 0 saturated heterocycles. The highest BCUT2D eigenvalue weighted by molar-refractivity contribution is 5.79. The molecule has 0 aliphatic carbocycles. The second-order valence-corrected chi connectivity index (χ2v) is 3.53. The summed E-state index contributed by atoms with van der Waals surface area (Å²) < 4.78 is 0. The summed E-state index contributed by atoms with van der Waals surface area (Å²) in [6, 6.07) is 9.94. The van der Waals surface area contributed by atoms with E-state index in [0.717, 1.165) is 22.2 Å². The number of hydrogen-bond donors (Lipinski definition) is 1. The molecule has 2 rings (SSSR count). The van der Waals surface area contributed by atoms with Crippen LogP contribution in [0.15, 0.2) is 30.3 Å². The quantitative estimate of drug-likeness (QED) is 0.744. The van der Waals surface area contributed by atoms with Crippen molar-refractivity contribution in [3.05, 3.63) is 41.6 Å². The summed E-state index contributed by atoms with van der Waals surface area (Å²) >= 11 is 0. The molecule has 0 radical (unpaired) electrons. The van der Waals surface area contributed by atoms with Gasteiger partial charge in [0.25, 0.3) is 0 Å². The van der Waals surface area contributed by atoms with E-state index in [9.17, 15) is 5.11 Å². The molecule has 1 N–H and O–H groups in total. The number of aryl methyl sites for hydroxylation is 1. The van der Waals surface area contributed by atoms with Crippen LogP contribution in [0.25, 0.3) is 10.9 Å². The molecule has 0 amide bonds. The van der Waals surface area contributed by atoms with Gasteiger partial charge in [0.1, 0.15) is 0 Å². The van der Waals surface area contributed by atoms with Crippen LogP contribution in [-0.2, 0) is 0 Å². The van der Waals surface area contributed by atoms with Gasteiger partial charge in [-0.1, -0.05) is 18.2 Å². The van der Waals surface area contributed by atoms with Crippen molar-refractivity contribution in [3.8, 4) is 0 Å². The van der Waals surface area contributed by atoms with Gasteiger partial charge in [0.15, 0.2) is 0 Å². The number of rotatable bonds is 1. The Morgan fingerprint density at radius 2 is 2.00 bits per heavy atom. The molecular weight excluding hydrogens is 174 g/mol. The lowest BCUT2D eigenvalue weighted by molar-refractivity contribution is 0.198. The number of aromatic nitrogens is 1. The highest BCUT2D eigenvalue weighted by atomic mass is 16.3. The predicted molar refractivity (Wildman–Crippen MR) is 57.1 cm³/mol. The van der Waals surface area contributed by atoms with Crippen molar-refractivity contribution in [2.24, 2.45) is 0 Å². The van der Waals surface area contributed by atoms with E-state index in [1.54, 1.807) is 6.92 Å². The normalized spacial score (nSPS) is 13.1. The fourth-order valence-electron chi connectivity index (χ4n) is 1.65. The molecule has 0 bridgehead atoms. The summed E-state index contributed by atoms with van der Waals surface area (Å²) in [5, 5.41) is 10.6. The maximum absolute atomic E-state index is 9.52. The molecule has 0 saturated carbocycles. The summed E-state index contributed by atoms with van der Waals surface area (Å²) in [5.74, 6) is 0. The minimum atomic E-state index is -0.452. The van der Waals surface area contributed by atoms with Gasteiger partial charge in [-0.15, -0.1) is 0 Å². The first-order chi connectivity index (χ1) is 6.68. The van der Waals surface area contributed by atoms with E-state index in [1.807, 2.05) is 37.3 Å². The Kier molecular flexibility index (Phi) is 2.22. The van der Waals surface area contributed by atoms with Crippen LogP contribution in [0, 0.1) is 6.92 Å². The number of pyridine rings is 1. The van der Waals surface area contributed by atoms with Gasteiger partial charge in [-0.25, -0.2) is 0 Å². The fourth-order valence-corrected chi connectivity index (χ4v) is 1.65. The lowest BCUT2D eigenvalue weighted by Crippen LogP contribution is -1.97. The second-order valence-electron chi connectivity index (χ2n) is 3.53. The molecule has 0 aliphatic heterocycles. The van der Waals surface area contributed by atoms with Crippen LogP contribution in [0.4, 0.5) is 0 Å². The van der Waals surface area contributed by atoms with E-state index in [-0.39, 0.29) is 0 Å². The van der Waals surface area contributed by atoms with Gasteiger partial charge in [0.2, 0.25) is 0 Å². The first-order valence-corrected chi connectivity index (χ1v) is 4.73. The van der Waals surface area contributed by atoms with Gasteiger partial charge >= 0.3 is 0 Å². The maximum atomic E-state index is 9.52. The summed E-state index contributed by atoms with van der Waals surface area (Å²) in [7, 11) is 0. The van der Waals surface area contributed by atoms with Gasteiger partial charge in [0, 0.05) is 16.6 Å². The second kappa shape index (κ2) is 3.39. The van der Waals surface area contributed by atoms with Crippen LogP contribution in [0.2, 0.25) is 0 Å². The SMILES string of the molecule is Cc1nc2ccccc2cc1C(C)O. The lowest BCUT2D eigenvalue weighted by atomic mass is 10.1. The van der Waals surface area contributed by atoms with Crippen LogP contribution in [0.1, 0.15) is 24.3 Å². The van der Waals surface area contributed by atoms with Gasteiger partial charge in [-0.2, -0.15) is 0 Å². The molecule has 0 aliphatic rings. The zero-order chi connectivity index (χ0) is 10.1. The Labute approximate surface area is 83.2 Å². The van der Waals surface area contributed by atoms with E-state index in [2.05, 4.69) is 4.98 Å². The molecule has 0 spiro atoms. The first-order valence-electron chi connectivity index (χ1n) is 4.73. The summed E-state index contributed by atoms with van der Waals surface area (Å²) in [5.41, 5.74) is 2.79. The molecule has 1 unspecified atom stereocenters. The number of nitrogens with zero attached hydrogens (tertiary/aromatic N) is 1. The van der Waals surface area contributed by atoms with E-state index >= 15 is 0 Å². The van der Waals surface area contributed by atoms with Gasteiger partial charge < -0.3 is 5.11 Å². The summed E-state index contributed by atoms with van der Waals surface area (Å²) in [6.45, 7) is 3.69. The van der Waals surface area contributed by atoms with Gasteiger partial charge in [-0.05, 0) is 26.0 Å². The topological polar surface area (TPSA) is 33.1 Å². The van der Waals surface area contributed by atoms with Crippen LogP contribution < -0.4 is 0 Å². The maximum Gasteiger partial charge on any atom is 0.0779 e. The standard InChI is InChI=1S/C12H13NO/c1-8-11(9(2)14)7-10-5-3-4-6-12(10)13-8/h3-7,9,14H,1-2H3. The molecule has 1 aromatic carbocycles. The van der Waals surface area contributed by atoms with Crippen LogP contribution in [0.5, 0.6) is 0 Å². The average molecular weight is 187 g/mol. The summed E-state index contributed by atoms with van der Waals surface area (Å²) in [4.78, 5) is 4.44. The Morgan fingerprint density at radius 3 is 2.71 bits per heavy atom. The molecular formula is C12H13NO. The minimum Gasteiger partial charge on any atom is -0.389 e.